The topological polar surface area (TPSA) is 41.6 Å². The molecule has 18 heavy (non-hydrogen) atoms. The molecule has 1 aliphatic rings. The Morgan fingerprint density at radius 3 is 2.89 bits per heavy atom. The number of amides is 1. The van der Waals surface area contributed by atoms with Crippen molar-refractivity contribution in [3.63, 3.8) is 0 Å². The molecule has 1 saturated heterocycles. The lowest BCUT2D eigenvalue weighted by Crippen LogP contribution is -2.40. The van der Waals surface area contributed by atoms with E-state index in [0.717, 1.165) is 25.1 Å². The molecule has 0 spiro atoms. The van der Waals surface area contributed by atoms with Crippen LogP contribution >= 0.6 is 0 Å². The maximum Gasteiger partial charge on any atom is 0.248 e. The first-order valence-corrected chi connectivity index (χ1v) is 6.35. The van der Waals surface area contributed by atoms with Crippen LogP contribution in [0, 0.1) is 0 Å². The molecule has 1 amide bonds. The molecule has 4 nitrogen and oxygen atoms in total. The number of nitrogens with zero attached hydrogens (tertiary/aromatic N) is 1. The molecule has 1 unspecified atom stereocenters. The molecule has 1 aliphatic heterocycles. The molecule has 0 saturated carbocycles. The fourth-order valence-electron chi connectivity index (χ4n) is 2.11. The molecule has 1 heterocycles. The average Bonchev–Trinajstić information content (AvgIpc) is 2.93. The second-order valence-corrected chi connectivity index (χ2v) is 4.63. The number of carbonyl (C=O) groups is 1. The molecule has 1 aromatic rings. The summed E-state index contributed by atoms with van der Waals surface area (Å²) in [4.78, 5) is 13.7. The number of likely N-dealkylation sites (N-methyl/N-ethyl adjacent to an activating group) is 1. The van der Waals surface area contributed by atoms with E-state index in [1.807, 2.05) is 37.4 Å². The normalized spacial score (nSPS) is 18.8. The van der Waals surface area contributed by atoms with Gasteiger partial charge in [-0.25, -0.2) is 0 Å². The van der Waals surface area contributed by atoms with Gasteiger partial charge in [0.25, 0.3) is 0 Å². The molecule has 0 radical (unpaired) electrons. The number of hydrogen-bond donors (Lipinski definition) is 1. The maximum atomic E-state index is 11.9. The van der Waals surface area contributed by atoms with Crippen molar-refractivity contribution in [1.82, 2.24) is 10.2 Å². The van der Waals surface area contributed by atoms with Gasteiger partial charge in [0.15, 0.2) is 0 Å². The van der Waals surface area contributed by atoms with Gasteiger partial charge < -0.3 is 15.0 Å². The van der Waals surface area contributed by atoms with Crippen molar-refractivity contribution in [1.29, 1.82) is 0 Å². The van der Waals surface area contributed by atoms with Crippen LogP contribution in [-0.4, -0.2) is 43.6 Å². The molecule has 0 bridgehead atoms. The minimum Gasteiger partial charge on any atom is -0.367 e. The average molecular weight is 248 g/mol. The number of ether oxygens (including phenoxy) is 1. The van der Waals surface area contributed by atoms with Crippen molar-refractivity contribution in [2.75, 3.05) is 26.7 Å². The van der Waals surface area contributed by atoms with Gasteiger partial charge in [-0.05, 0) is 18.5 Å². The van der Waals surface area contributed by atoms with Crippen molar-refractivity contribution in [2.24, 2.45) is 0 Å². The first-order chi connectivity index (χ1) is 8.77. The third-order valence-electron chi connectivity index (χ3n) is 3.31. The Morgan fingerprint density at radius 1 is 1.44 bits per heavy atom. The van der Waals surface area contributed by atoms with Gasteiger partial charge in [0, 0.05) is 19.6 Å². The summed E-state index contributed by atoms with van der Waals surface area (Å²) in [5.74, 6) is 0.0552. The minimum absolute atomic E-state index is 0.0552. The zero-order chi connectivity index (χ0) is 12.8. The zero-order valence-corrected chi connectivity index (χ0v) is 10.8. The summed E-state index contributed by atoms with van der Waals surface area (Å²) in [6, 6.07) is 10.2. The SMILES string of the molecule is CN(C(=O)COCc1ccccc1)C1CCNC1. The van der Waals surface area contributed by atoms with Crippen LogP contribution in [0.2, 0.25) is 0 Å². The monoisotopic (exact) mass is 248 g/mol. The predicted octanol–water partition coefficient (Wildman–Crippen LogP) is 1.02. The van der Waals surface area contributed by atoms with E-state index < -0.39 is 0 Å². The van der Waals surface area contributed by atoms with E-state index in [1.165, 1.54) is 0 Å². The lowest BCUT2D eigenvalue weighted by atomic mass is 10.2. The first kappa shape index (κ1) is 13.1. The second-order valence-electron chi connectivity index (χ2n) is 4.63. The molecule has 2 rings (SSSR count). The molecule has 0 aromatic heterocycles. The Morgan fingerprint density at radius 2 is 2.22 bits per heavy atom. The molecule has 1 atom stereocenters. The van der Waals surface area contributed by atoms with Crippen molar-refractivity contribution in [3.8, 4) is 0 Å². The highest BCUT2D eigenvalue weighted by Crippen LogP contribution is 2.07. The van der Waals surface area contributed by atoms with Gasteiger partial charge in [-0.15, -0.1) is 0 Å². The van der Waals surface area contributed by atoms with Gasteiger partial charge in [0.2, 0.25) is 5.91 Å². The lowest BCUT2D eigenvalue weighted by molar-refractivity contribution is -0.137. The number of rotatable bonds is 5. The highest BCUT2D eigenvalue weighted by atomic mass is 16.5. The minimum atomic E-state index is 0.0552. The molecular formula is C14H20N2O2. The Balaban J connectivity index is 1.71. The van der Waals surface area contributed by atoms with E-state index in [1.54, 1.807) is 4.90 Å². The Kier molecular flexibility index (Phi) is 4.73. The smallest absolute Gasteiger partial charge is 0.248 e. The van der Waals surface area contributed by atoms with Crippen molar-refractivity contribution in [2.45, 2.75) is 19.1 Å². The fraction of sp³-hybridized carbons (Fsp3) is 0.500. The molecule has 4 heteroatoms. The van der Waals surface area contributed by atoms with Crippen LogP contribution < -0.4 is 5.32 Å². The van der Waals surface area contributed by atoms with Crippen LogP contribution in [0.5, 0.6) is 0 Å². The van der Waals surface area contributed by atoms with E-state index in [2.05, 4.69) is 5.32 Å². The Hall–Kier alpha value is -1.39. The third kappa shape index (κ3) is 3.55. The number of nitrogens with one attached hydrogen (secondary N) is 1. The summed E-state index contributed by atoms with van der Waals surface area (Å²) in [6.45, 7) is 2.53. The standard InChI is InChI=1S/C14H20N2O2/c1-16(13-7-8-15-9-13)14(17)11-18-10-12-5-3-2-4-6-12/h2-6,13,15H,7-11H2,1H3. The van der Waals surface area contributed by atoms with Gasteiger partial charge >= 0.3 is 0 Å². The molecule has 1 fully saturated rings. The zero-order valence-electron chi connectivity index (χ0n) is 10.8. The lowest BCUT2D eigenvalue weighted by Gasteiger charge is -2.23. The molecule has 1 N–H and O–H groups in total. The molecular weight excluding hydrogens is 228 g/mol. The summed E-state index contributed by atoms with van der Waals surface area (Å²) < 4.78 is 5.45. The van der Waals surface area contributed by atoms with Crippen molar-refractivity contribution >= 4 is 5.91 Å². The largest absolute Gasteiger partial charge is 0.367 e. The van der Waals surface area contributed by atoms with Crippen LogP contribution in [0.1, 0.15) is 12.0 Å². The van der Waals surface area contributed by atoms with Crippen LogP contribution in [-0.2, 0) is 16.1 Å². The van der Waals surface area contributed by atoms with E-state index in [-0.39, 0.29) is 12.5 Å². The summed E-state index contributed by atoms with van der Waals surface area (Å²) >= 11 is 0. The molecule has 98 valence electrons. The molecule has 0 aliphatic carbocycles. The van der Waals surface area contributed by atoms with Gasteiger partial charge in [-0.2, -0.15) is 0 Å². The van der Waals surface area contributed by atoms with E-state index in [9.17, 15) is 4.79 Å². The number of hydrogen-bond acceptors (Lipinski definition) is 3. The summed E-state index contributed by atoms with van der Waals surface area (Å²) in [5, 5.41) is 3.26. The third-order valence-corrected chi connectivity index (χ3v) is 3.31. The van der Waals surface area contributed by atoms with E-state index in [0.29, 0.717) is 12.6 Å². The van der Waals surface area contributed by atoms with Crippen LogP contribution in [0.4, 0.5) is 0 Å². The number of carbonyl (C=O) groups excluding carboxylic acids is 1. The van der Waals surface area contributed by atoms with Crippen LogP contribution in [0.25, 0.3) is 0 Å². The van der Waals surface area contributed by atoms with E-state index in [4.69, 9.17) is 4.74 Å². The Labute approximate surface area is 108 Å². The van der Waals surface area contributed by atoms with Gasteiger partial charge in [-0.3, -0.25) is 4.79 Å². The van der Waals surface area contributed by atoms with Crippen molar-refractivity contribution < 1.29 is 9.53 Å². The van der Waals surface area contributed by atoms with Crippen LogP contribution in [0.3, 0.4) is 0 Å². The highest BCUT2D eigenvalue weighted by Gasteiger charge is 2.22. The van der Waals surface area contributed by atoms with Crippen LogP contribution in [0.15, 0.2) is 30.3 Å². The summed E-state index contributed by atoms with van der Waals surface area (Å²) in [6.07, 6.45) is 1.03. The molecule has 1 aromatic carbocycles. The highest BCUT2D eigenvalue weighted by molar-refractivity contribution is 5.77. The fourth-order valence-corrected chi connectivity index (χ4v) is 2.11. The van der Waals surface area contributed by atoms with E-state index >= 15 is 0 Å². The van der Waals surface area contributed by atoms with Gasteiger partial charge in [-0.1, -0.05) is 30.3 Å². The van der Waals surface area contributed by atoms with Crippen molar-refractivity contribution in [3.05, 3.63) is 35.9 Å². The first-order valence-electron chi connectivity index (χ1n) is 6.35. The quantitative estimate of drug-likeness (QED) is 0.846. The number of benzene rings is 1. The van der Waals surface area contributed by atoms with Gasteiger partial charge in [0.05, 0.1) is 6.61 Å². The Bertz CT molecular complexity index is 375. The maximum absolute atomic E-state index is 11.9. The summed E-state index contributed by atoms with van der Waals surface area (Å²) in [5.41, 5.74) is 1.09. The van der Waals surface area contributed by atoms with Gasteiger partial charge in [0.1, 0.15) is 6.61 Å². The predicted molar refractivity (Wildman–Crippen MR) is 70.1 cm³/mol. The second kappa shape index (κ2) is 6.52. The summed E-state index contributed by atoms with van der Waals surface area (Å²) in [7, 11) is 1.85.